The highest BCUT2D eigenvalue weighted by atomic mass is 16.5. The fourth-order valence-electron chi connectivity index (χ4n) is 5.26. The van der Waals surface area contributed by atoms with Crippen molar-refractivity contribution in [1.82, 2.24) is 15.3 Å². The van der Waals surface area contributed by atoms with Gasteiger partial charge >= 0.3 is 0 Å². The van der Waals surface area contributed by atoms with E-state index >= 15 is 0 Å². The predicted molar refractivity (Wildman–Crippen MR) is 125 cm³/mol. The van der Waals surface area contributed by atoms with Crippen LogP contribution in [0, 0.1) is 11.8 Å². The molecule has 160 valence electrons. The molecule has 3 fully saturated rings. The van der Waals surface area contributed by atoms with E-state index in [1.807, 2.05) is 12.3 Å². The summed E-state index contributed by atoms with van der Waals surface area (Å²) in [5, 5.41) is 4.77. The van der Waals surface area contributed by atoms with Crippen LogP contribution < -0.4 is 19.9 Å². The molecule has 6 nitrogen and oxygen atoms in total. The fourth-order valence-corrected chi connectivity index (χ4v) is 5.26. The maximum absolute atomic E-state index is 5.49. The molecule has 0 saturated carbocycles. The average Bonchev–Trinajstić information content (AvgIpc) is 3.21. The van der Waals surface area contributed by atoms with Gasteiger partial charge in [0.15, 0.2) is 0 Å². The Morgan fingerprint density at radius 1 is 1.03 bits per heavy atom. The zero-order chi connectivity index (χ0) is 20.8. The number of anilines is 2. The van der Waals surface area contributed by atoms with Crippen molar-refractivity contribution in [3.05, 3.63) is 42.6 Å². The summed E-state index contributed by atoms with van der Waals surface area (Å²) in [6.45, 7) is 6.72. The van der Waals surface area contributed by atoms with Crippen LogP contribution in [0.2, 0.25) is 0 Å². The molecule has 6 rings (SSSR count). The monoisotopic (exact) mass is 415 g/mol. The van der Waals surface area contributed by atoms with Gasteiger partial charge < -0.3 is 19.9 Å². The minimum atomic E-state index is 0.733. The molecule has 2 atom stereocenters. The molecule has 0 spiro atoms. The van der Waals surface area contributed by atoms with Crippen molar-refractivity contribution < 1.29 is 4.74 Å². The summed E-state index contributed by atoms with van der Waals surface area (Å²) in [5.41, 5.74) is 4.30. The van der Waals surface area contributed by atoms with E-state index in [9.17, 15) is 0 Å². The van der Waals surface area contributed by atoms with Crippen LogP contribution in [0.4, 0.5) is 11.5 Å². The summed E-state index contributed by atoms with van der Waals surface area (Å²) in [6, 6.07) is 12.8. The van der Waals surface area contributed by atoms with Crippen LogP contribution in [0.1, 0.15) is 12.8 Å². The first-order chi connectivity index (χ1) is 15.3. The highest BCUT2D eigenvalue weighted by Crippen LogP contribution is 2.38. The van der Waals surface area contributed by atoms with Crippen LogP contribution in [-0.4, -0.2) is 56.3 Å². The number of aromatic nitrogens is 2. The summed E-state index contributed by atoms with van der Waals surface area (Å²) in [6.07, 6.45) is 4.50. The third kappa shape index (κ3) is 3.39. The lowest BCUT2D eigenvalue weighted by atomic mass is 9.90. The summed E-state index contributed by atoms with van der Waals surface area (Å²) >= 11 is 0. The Labute approximate surface area is 183 Å². The van der Waals surface area contributed by atoms with Gasteiger partial charge in [0.25, 0.3) is 0 Å². The van der Waals surface area contributed by atoms with E-state index in [1.165, 1.54) is 23.9 Å². The van der Waals surface area contributed by atoms with Gasteiger partial charge in [0.05, 0.1) is 18.3 Å². The molecule has 0 amide bonds. The molecule has 31 heavy (non-hydrogen) atoms. The van der Waals surface area contributed by atoms with Crippen molar-refractivity contribution in [2.75, 3.05) is 56.2 Å². The highest BCUT2D eigenvalue weighted by Gasteiger charge is 2.35. The number of rotatable bonds is 4. The third-order valence-electron chi connectivity index (χ3n) is 7.23. The second-order valence-electron chi connectivity index (χ2n) is 9.07. The molecular weight excluding hydrogens is 386 g/mol. The first kappa shape index (κ1) is 18.9. The van der Waals surface area contributed by atoms with Gasteiger partial charge in [0.2, 0.25) is 0 Å². The van der Waals surface area contributed by atoms with Crippen molar-refractivity contribution in [2.45, 2.75) is 12.8 Å². The van der Waals surface area contributed by atoms with Gasteiger partial charge in [0, 0.05) is 55.1 Å². The second-order valence-corrected chi connectivity index (χ2v) is 9.07. The zero-order valence-corrected chi connectivity index (χ0v) is 18.1. The third-order valence-corrected chi connectivity index (χ3v) is 7.23. The first-order valence-electron chi connectivity index (χ1n) is 11.4. The molecule has 0 bridgehead atoms. The molecule has 1 N–H and O–H groups in total. The van der Waals surface area contributed by atoms with Crippen molar-refractivity contribution in [1.29, 1.82) is 0 Å². The second kappa shape index (κ2) is 7.68. The number of fused-ring (bicyclic) bond motifs is 2. The van der Waals surface area contributed by atoms with Crippen LogP contribution in [0.5, 0.6) is 5.75 Å². The van der Waals surface area contributed by atoms with Gasteiger partial charge in [-0.25, -0.2) is 9.97 Å². The number of hydrogen-bond acceptors (Lipinski definition) is 6. The molecule has 1 aromatic carbocycles. The van der Waals surface area contributed by atoms with Gasteiger partial charge in [-0.05, 0) is 68.1 Å². The van der Waals surface area contributed by atoms with Crippen LogP contribution in [0.25, 0.3) is 22.2 Å². The quantitative estimate of drug-likeness (QED) is 0.703. The van der Waals surface area contributed by atoms with Crippen molar-refractivity contribution in [3.8, 4) is 17.0 Å². The molecule has 0 unspecified atom stereocenters. The van der Waals surface area contributed by atoms with E-state index in [0.29, 0.717) is 0 Å². The van der Waals surface area contributed by atoms with Gasteiger partial charge in [-0.2, -0.15) is 0 Å². The maximum Gasteiger partial charge on any atom is 0.128 e. The number of methoxy groups -OCH3 is 1. The SMILES string of the molecule is COc1ccc2c(N3C[C@H]4CNCC[C@H]4C3)cc(-c3ccc(N4CCC4)nc3)nc2c1. The lowest BCUT2D eigenvalue weighted by molar-refractivity contribution is 0.318. The van der Waals surface area contributed by atoms with Crippen molar-refractivity contribution in [3.63, 3.8) is 0 Å². The van der Waals surface area contributed by atoms with Crippen LogP contribution in [0.15, 0.2) is 42.6 Å². The van der Waals surface area contributed by atoms with E-state index < -0.39 is 0 Å². The molecule has 6 heteroatoms. The lowest BCUT2D eigenvalue weighted by Crippen LogP contribution is -2.37. The van der Waals surface area contributed by atoms with Gasteiger partial charge in [-0.1, -0.05) is 0 Å². The van der Waals surface area contributed by atoms with Crippen LogP contribution in [-0.2, 0) is 0 Å². The molecular formula is C25H29N5O. The number of pyridine rings is 2. The van der Waals surface area contributed by atoms with Crippen LogP contribution in [0.3, 0.4) is 0 Å². The molecule has 2 aromatic heterocycles. The number of benzene rings is 1. The highest BCUT2D eigenvalue weighted by molar-refractivity contribution is 5.95. The van der Waals surface area contributed by atoms with Crippen LogP contribution >= 0.6 is 0 Å². The number of ether oxygens (including phenoxy) is 1. The molecule has 3 aromatic rings. The summed E-state index contributed by atoms with van der Waals surface area (Å²) < 4.78 is 5.49. The molecule has 0 aliphatic carbocycles. The lowest BCUT2D eigenvalue weighted by Gasteiger charge is -2.31. The standard InChI is InChI=1S/C25H29N5O/c1-31-20-4-5-21-23(11-20)28-22(17-3-6-25(27-14-17)29-9-2-10-29)12-24(21)30-15-18-7-8-26-13-19(18)16-30/h3-6,11-12,14,18-19,26H,2,7-10,13,15-16H2,1H3/t18-,19+/m0/s1. The van der Waals surface area contributed by atoms with E-state index in [2.05, 4.69) is 45.4 Å². The Balaban J connectivity index is 1.41. The van der Waals surface area contributed by atoms with Gasteiger partial charge in [-0.15, -0.1) is 0 Å². The minimum absolute atomic E-state index is 0.733. The molecule has 3 aliphatic rings. The van der Waals surface area contributed by atoms with Crippen molar-refractivity contribution >= 4 is 22.4 Å². The number of nitrogens with zero attached hydrogens (tertiary/aromatic N) is 4. The summed E-state index contributed by atoms with van der Waals surface area (Å²) in [7, 11) is 1.71. The number of nitrogens with one attached hydrogen (secondary N) is 1. The fraction of sp³-hybridized carbons (Fsp3) is 0.440. The molecule has 3 aliphatic heterocycles. The number of piperidine rings is 1. The first-order valence-corrected chi connectivity index (χ1v) is 11.4. The summed E-state index contributed by atoms with van der Waals surface area (Å²) in [5.74, 6) is 3.42. The minimum Gasteiger partial charge on any atom is -0.497 e. The zero-order valence-electron chi connectivity index (χ0n) is 18.1. The molecule has 3 saturated heterocycles. The summed E-state index contributed by atoms with van der Waals surface area (Å²) in [4.78, 5) is 14.6. The Morgan fingerprint density at radius 2 is 1.94 bits per heavy atom. The van der Waals surface area contributed by atoms with E-state index in [-0.39, 0.29) is 0 Å². The molecule has 0 radical (unpaired) electrons. The van der Waals surface area contributed by atoms with E-state index in [4.69, 9.17) is 14.7 Å². The van der Waals surface area contributed by atoms with Gasteiger partial charge in [0.1, 0.15) is 11.6 Å². The van der Waals surface area contributed by atoms with E-state index in [1.54, 1.807) is 7.11 Å². The Bertz CT molecular complexity index is 1080. The predicted octanol–water partition coefficient (Wildman–Crippen LogP) is 3.56. The smallest absolute Gasteiger partial charge is 0.128 e. The normalized spacial score (nSPS) is 23.0. The van der Waals surface area contributed by atoms with Crippen molar-refractivity contribution in [2.24, 2.45) is 11.8 Å². The topological polar surface area (TPSA) is 53.5 Å². The molecule has 5 heterocycles. The van der Waals surface area contributed by atoms with E-state index in [0.717, 1.165) is 79.4 Å². The largest absolute Gasteiger partial charge is 0.497 e. The Hall–Kier alpha value is -2.86. The number of hydrogen-bond donors (Lipinski definition) is 1. The Kier molecular flexibility index (Phi) is 4.68. The van der Waals surface area contributed by atoms with Gasteiger partial charge in [-0.3, -0.25) is 0 Å². The Morgan fingerprint density at radius 3 is 2.68 bits per heavy atom. The average molecular weight is 416 g/mol. The maximum atomic E-state index is 5.49.